The number of oxime groups is 1. The van der Waals surface area contributed by atoms with Gasteiger partial charge in [-0.2, -0.15) is 4.91 Å². The summed E-state index contributed by atoms with van der Waals surface area (Å²) in [5.41, 5.74) is 3.15. The molecule has 1 fully saturated rings. The summed E-state index contributed by atoms with van der Waals surface area (Å²) in [4.78, 5) is 23.9. The van der Waals surface area contributed by atoms with Gasteiger partial charge in [-0.25, -0.2) is 9.37 Å². The van der Waals surface area contributed by atoms with Gasteiger partial charge in [0.1, 0.15) is 11.6 Å². The molecule has 0 amide bonds. The first-order valence-corrected chi connectivity index (χ1v) is 11.5. The lowest BCUT2D eigenvalue weighted by Gasteiger charge is -2.41. The van der Waals surface area contributed by atoms with E-state index in [4.69, 9.17) is 9.57 Å². The summed E-state index contributed by atoms with van der Waals surface area (Å²) in [5, 5.41) is 7.68. The number of hydrogen-bond acceptors (Lipinski definition) is 7. The minimum atomic E-state index is -1.22. The highest BCUT2D eigenvalue weighted by atomic mass is 19.1. The van der Waals surface area contributed by atoms with Crippen LogP contribution in [0, 0.1) is 17.6 Å². The Balaban J connectivity index is 1.50. The predicted octanol–water partition coefficient (Wildman–Crippen LogP) is 5.16. The number of methoxy groups -OCH3 is 1. The molecule has 35 heavy (non-hydrogen) atoms. The number of benzene rings is 2. The molecule has 0 bridgehead atoms. The fourth-order valence-corrected chi connectivity index (χ4v) is 4.81. The number of imidazole rings is 1. The number of aromatic nitrogens is 2. The van der Waals surface area contributed by atoms with Crippen molar-refractivity contribution in [2.45, 2.75) is 38.5 Å². The van der Waals surface area contributed by atoms with Crippen molar-refractivity contribution in [1.29, 1.82) is 0 Å². The van der Waals surface area contributed by atoms with Crippen LogP contribution in [0.4, 0.5) is 4.39 Å². The zero-order valence-electron chi connectivity index (χ0n) is 19.8. The summed E-state index contributed by atoms with van der Waals surface area (Å²) >= 11 is 0. The summed E-state index contributed by atoms with van der Waals surface area (Å²) < 4.78 is 21.2. The van der Waals surface area contributed by atoms with Gasteiger partial charge >= 0.3 is 0 Å². The zero-order valence-corrected chi connectivity index (χ0v) is 19.8. The van der Waals surface area contributed by atoms with E-state index in [0.717, 1.165) is 35.4 Å². The molecular formula is C26H26FN5O3. The Morgan fingerprint density at radius 1 is 1.26 bits per heavy atom. The minimum absolute atomic E-state index is 0.364. The number of rotatable bonds is 6. The number of nitrogens with zero attached hydrogens (tertiary/aromatic N) is 5. The number of aryl methyl sites for hydroxylation is 1. The maximum Gasteiger partial charge on any atom is 0.262 e. The van der Waals surface area contributed by atoms with Crippen LogP contribution in [0.2, 0.25) is 0 Å². The Morgan fingerprint density at radius 2 is 2.06 bits per heavy atom. The molecule has 3 aromatic rings. The van der Waals surface area contributed by atoms with E-state index in [-0.39, 0.29) is 5.82 Å². The molecule has 2 aliphatic heterocycles. The fourth-order valence-electron chi connectivity index (χ4n) is 4.81. The van der Waals surface area contributed by atoms with Gasteiger partial charge in [-0.3, -0.25) is 0 Å². The lowest BCUT2D eigenvalue weighted by Crippen LogP contribution is -2.54. The summed E-state index contributed by atoms with van der Waals surface area (Å²) in [6.45, 7) is 4.26. The standard InChI is InChI=1S/C26H26FN5O3/c1-17-15-31(16-28-17)23-11-6-19(14-24(23)34-3)13-20-5-4-12-32-25(20)30-35-26(32,18(2)29-33)21-7-9-22(27)10-8-21/h6-11,13-16,18H,4-5,12H2,1-3H3/t18?,26-/m1/s1. The molecule has 0 N–H and O–H groups in total. The van der Waals surface area contributed by atoms with Gasteiger partial charge in [0.05, 0.1) is 24.8 Å². The van der Waals surface area contributed by atoms with Crippen molar-refractivity contribution >= 4 is 11.9 Å². The predicted molar refractivity (Wildman–Crippen MR) is 131 cm³/mol. The van der Waals surface area contributed by atoms with Gasteiger partial charge in [-0.05, 0) is 80.3 Å². The molecule has 2 aromatic carbocycles. The Kier molecular flexibility index (Phi) is 5.84. The molecule has 0 aliphatic carbocycles. The second-order valence-electron chi connectivity index (χ2n) is 8.77. The van der Waals surface area contributed by atoms with E-state index >= 15 is 0 Å². The van der Waals surface area contributed by atoms with E-state index in [9.17, 15) is 9.30 Å². The Hall–Kier alpha value is -4.01. The number of hydrogen-bond donors (Lipinski definition) is 0. The van der Waals surface area contributed by atoms with Crippen molar-refractivity contribution in [3.8, 4) is 11.4 Å². The van der Waals surface area contributed by atoms with Gasteiger partial charge in [-0.1, -0.05) is 16.4 Å². The molecule has 8 nitrogen and oxygen atoms in total. The number of fused-ring (bicyclic) bond motifs is 1. The third kappa shape index (κ3) is 3.86. The first-order valence-electron chi connectivity index (χ1n) is 11.5. The van der Waals surface area contributed by atoms with Crippen LogP contribution in [0.5, 0.6) is 5.75 Å². The Labute approximate surface area is 202 Å². The second kappa shape index (κ2) is 8.98. The average molecular weight is 476 g/mol. The van der Waals surface area contributed by atoms with Crippen molar-refractivity contribution < 1.29 is 14.0 Å². The van der Waals surface area contributed by atoms with Crippen LogP contribution in [-0.4, -0.2) is 40.0 Å². The van der Waals surface area contributed by atoms with E-state index in [2.05, 4.69) is 21.4 Å². The number of amidine groups is 1. The van der Waals surface area contributed by atoms with Gasteiger partial charge < -0.3 is 19.0 Å². The monoisotopic (exact) mass is 475 g/mol. The molecule has 9 heteroatoms. The smallest absolute Gasteiger partial charge is 0.262 e. The normalized spacial score (nSPS) is 21.3. The van der Waals surface area contributed by atoms with Gasteiger partial charge in [0.15, 0.2) is 11.9 Å². The molecule has 1 aromatic heterocycles. The van der Waals surface area contributed by atoms with Crippen molar-refractivity contribution in [2.75, 3.05) is 13.7 Å². The minimum Gasteiger partial charge on any atom is -0.495 e. The molecule has 180 valence electrons. The first-order chi connectivity index (χ1) is 17.0. The fraction of sp³-hybridized carbons (Fsp3) is 0.308. The van der Waals surface area contributed by atoms with E-state index < -0.39 is 11.8 Å². The van der Waals surface area contributed by atoms with Crippen molar-refractivity contribution in [3.63, 3.8) is 0 Å². The van der Waals surface area contributed by atoms with Crippen molar-refractivity contribution in [2.24, 2.45) is 10.3 Å². The van der Waals surface area contributed by atoms with E-state index in [1.165, 1.54) is 12.1 Å². The molecule has 3 heterocycles. The van der Waals surface area contributed by atoms with Crippen molar-refractivity contribution in [1.82, 2.24) is 14.5 Å². The maximum atomic E-state index is 13.6. The van der Waals surface area contributed by atoms with Gasteiger partial charge in [-0.15, -0.1) is 0 Å². The quantitative estimate of drug-likeness (QED) is 0.460. The highest BCUT2D eigenvalue weighted by Gasteiger charge is 2.54. The number of ether oxygens (including phenoxy) is 1. The molecule has 5 rings (SSSR count). The second-order valence-corrected chi connectivity index (χ2v) is 8.77. The summed E-state index contributed by atoms with van der Waals surface area (Å²) in [5.74, 6) is 1.01. The molecule has 1 saturated heterocycles. The van der Waals surface area contributed by atoms with Crippen LogP contribution >= 0.6 is 0 Å². The number of piperidine rings is 1. The molecule has 1 unspecified atom stereocenters. The summed E-state index contributed by atoms with van der Waals surface area (Å²) in [6.07, 6.45) is 7.39. The number of halogens is 1. The van der Waals surface area contributed by atoms with Crippen molar-refractivity contribution in [3.05, 3.63) is 88.1 Å². The van der Waals surface area contributed by atoms with Crippen LogP contribution < -0.4 is 4.74 Å². The highest BCUT2D eigenvalue weighted by molar-refractivity contribution is 6.03. The van der Waals surface area contributed by atoms with Gasteiger partial charge in [0, 0.05) is 18.3 Å². The Bertz CT molecular complexity index is 1320. The highest BCUT2D eigenvalue weighted by Crippen LogP contribution is 2.44. The number of nitroso groups, excluding NO2 is 1. The SMILES string of the molecule is COc1cc(C=C2CCCN3C2=NO[C@@]3(c2ccc(F)cc2)C(C)N=O)ccc1-n1cnc(C)c1. The molecule has 2 aliphatic rings. The molecule has 0 radical (unpaired) electrons. The van der Waals surface area contributed by atoms with Crippen LogP contribution in [0.1, 0.15) is 36.6 Å². The van der Waals surface area contributed by atoms with Gasteiger partial charge in [0.2, 0.25) is 0 Å². The molecular weight excluding hydrogens is 449 g/mol. The molecule has 2 atom stereocenters. The lowest BCUT2D eigenvalue weighted by molar-refractivity contribution is -0.121. The van der Waals surface area contributed by atoms with E-state index in [1.807, 2.05) is 40.8 Å². The largest absolute Gasteiger partial charge is 0.495 e. The van der Waals surface area contributed by atoms with Crippen LogP contribution in [-0.2, 0) is 10.6 Å². The lowest BCUT2D eigenvalue weighted by atomic mass is 9.90. The molecule has 0 spiro atoms. The van der Waals surface area contributed by atoms with Crippen LogP contribution in [0.25, 0.3) is 11.8 Å². The van der Waals surface area contributed by atoms with Crippen LogP contribution in [0.3, 0.4) is 0 Å². The maximum absolute atomic E-state index is 13.6. The third-order valence-electron chi connectivity index (χ3n) is 6.56. The topological polar surface area (TPSA) is 81.3 Å². The Morgan fingerprint density at radius 3 is 2.74 bits per heavy atom. The summed E-state index contributed by atoms with van der Waals surface area (Å²) in [7, 11) is 1.64. The zero-order chi connectivity index (χ0) is 24.6. The van der Waals surface area contributed by atoms with E-state index in [0.29, 0.717) is 23.7 Å². The average Bonchev–Trinajstić information content (AvgIpc) is 3.49. The molecule has 0 saturated carbocycles. The van der Waals surface area contributed by atoms with Gasteiger partial charge in [0.25, 0.3) is 5.72 Å². The first kappa shape index (κ1) is 22.8. The summed E-state index contributed by atoms with van der Waals surface area (Å²) in [6, 6.07) is 11.1. The third-order valence-corrected chi connectivity index (χ3v) is 6.56. The van der Waals surface area contributed by atoms with Crippen LogP contribution in [0.15, 0.2) is 70.9 Å². The van der Waals surface area contributed by atoms with E-state index in [1.54, 1.807) is 32.5 Å².